The van der Waals surface area contributed by atoms with E-state index in [4.69, 9.17) is 0 Å². The normalized spacial score (nSPS) is 12.4. The standard InChI is InChI=1S/C44H32N4O4/c49-39(23-25-47-35-19-5-1-11-27(35)28-12-2-6-20-36(28)47)45-33-17-9-15-31-41(33)43(51)32-16-10-18-34(42(32)44(31)52)46-40(50)24-26-48-37-21-7-3-13-29(37)30-14-4-8-22-38(30)48/h1-22H,23-26H2,(H,45,49)(H,46,50). The Morgan fingerprint density at radius 3 is 1.10 bits per heavy atom. The lowest BCUT2D eigenvalue weighted by molar-refractivity contribution is -0.117. The zero-order chi connectivity index (χ0) is 35.3. The fourth-order valence-electron chi connectivity index (χ4n) is 7.79. The number of para-hydroxylation sites is 4. The van der Waals surface area contributed by atoms with Crippen LogP contribution in [0, 0.1) is 0 Å². The number of nitrogens with one attached hydrogen (secondary N) is 2. The number of aromatic nitrogens is 2. The third-order valence-corrected chi connectivity index (χ3v) is 10.1. The van der Waals surface area contributed by atoms with Crippen molar-refractivity contribution in [3.63, 3.8) is 0 Å². The van der Waals surface area contributed by atoms with E-state index in [1.54, 1.807) is 36.4 Å². The molecule has 0 saturated carbocycles. The van der Waals surface area contributed by atoms with Crippen LogP contribution >= 0.6 is 0 Å². The molecule has 0 spiro atoms. The van der Waals surface area contributed by atoms with E-state index in [9.17, 15) is 19.2 Å². The summed E-state index contributed by atoms with van der Waals surface area (Å²) >= 11 is 0. The molecule has 8 nitrogen and oxygen atoms in total. The number of ketones is 2. The van der Waals surface area contributed by atoms with Gasteiger partial charge in [0, 0.05) is 80.7 Å². The summed E-state index contributed by atoms with van der Waals surface area (Å²) in [6.07, 6.45) is 0.325. The van der Waals surface area contributed by atoms with Crippen molar-refractivity contribution in [2.24, 2.45) is 0 Å². The summed E-state index contributed by atoms with van der Waals surface area (Å²) in [4.78, 5) is 54.9. The van der Waals surface area contributed by atoms with Crippen LogP contribution < -0.4 is 10.6 Å². The van der Waals surface area contributed by atoms with Gasteiger partial charge < -0.3 is 19.8 Å². The molecule has 52 heavy (non-hydrogen) atoms. The van der Waals surface area contributed by atoms with Crippen LogP contribution in [0.4, 0.5) is 11.4 Å². The van der Waals surface area contributed by atoms with Gasteiger partial charge in [0.1, 0.15) is 0 Å². The molecule has 252 valence electrons. The molecule has 1 aliphatic carbocycles. The highest BCUT2D eigenvalue weighted by Gasteiger charge is 2.34. The van der Waals surface area contributed by atoms with Crippen molar-refractivity contribution in [1.29, 1.82) is 0 Å². The maximum Gasteiger partial charge on any atom is 0.226 e. The number of carbonyl (C=O) groups excluding carboxylic acids is 4. The van der Waals surface area contributed by atoms with Gasteiger partial charge in [0.15, 0.2) is 11.6 Å². The molecular weight excluding hydrogens is 649 g/mol. The molecule has 0 saturated heterocycles. The highest BCUT2D eigenvalue weighted by molar-refractivity contribution is 6.32. The monoisotopic (exact) mass is 680 g/mol. The van der Waals surface area contributed by atoms with Crippen molar-refractivity contribution in [2.45, 2.75) is 25.9 Å². The summed E-state index contributed by atoms with van der Waals surface area (Å²) in [6, 6.07) is 42.2. The van der Waals surface area contributed by atoms with Gasteiger partial charge in [0.05, 0.1) is 22.5 Å². The number of hydrogen-bond donors (Lipinski definition) is 2. The highest BCUT2D eigenvalue weighted by atomic mass is 16.2. The Kier molecular flexibility index (Phi) is 7.51. The van der Waals surface area contributed by atoms with E-state index in [0.717, 1.165) is 43.6 Å². The van der Waals surface area contributed by atoms with Gasteiger partial charge in [-0.05, 0) is 36.4 Å². The Hall–Kier alpha value is -6.80. The van der Waals surface area contributed by atoms with Gasteiger partial charge in [-0.2, -0.15) is 0 Å². The third kappa shape index (κ3) is 5.07. The van der Waals surface area contributed by atoms with Crippen LogP contribution in [0.25, 0.3) is 43.6 Å². The SMILES string of the molecule is O=C(CCn1c2ccccc2c2ccccc21)Nc1cccc2c1C(=O)c1cccc(NC(=O)CCn3c4ccccc4c4ccccc43)c1C2=O. The number of nitrogens with zero attached hydrogens (tertiary/aromatic N) is 2. The van der Waals surface area contributed by atoms with E-state index in [-0.39, 0.29) is 69.9 Å². The van der Waals surface area contributed by atoms with E-state index < -0.39 is 0 Å². The molecule has 2 amide bonds. The average molecular weight is 681 g/mol. The van der Waals surface area contributed by atoms with Crippen molar-refractivity contribution in [3.8, 4) is 0 Å². The van der Waals surface area contributed by atoms with Crippen LogP contribution in [0.15, 0.2) is 133 Å². The van der Waals surface area contributed by atoms with E-state index in [0.29, 0.717) is 13.1 Å². The zero-order valence-corrected chi connectivity index (χ0v) is 28.1. The molecule has 0 aliphatic heterocycles. The predicted molar refractivity (Wildman–Crippen MR) is 205 cm³/mol. The number of anilines is 2. The number of amides is 2. The van der Waals surface area contributed by atoms with Gasteiger partial charge >= 0.3 is 0 Å². The van der Waals surface area contributed by atoms with E-state index in [2.05, 4.69) is 44.0 Å². The van der Waals surface area contributed by atoms with Crippen LogP contribution in [0.3, 0.4) is 0 Å². The number of carbonyl (C=O) groups is 4. The summed E-state index contributed by atoms with van der Waals surface area (Å²) in [5.74, 6) is -1.32. The quantitative estimate of drug-likeness (QED) is 0.168. The highest BCUT2D eigenvalue weighted by Crippen LogP contribution is 2.36. The first-order valence-electron chi connectivity index (χ1n) is 17.3. The Bertz CT molecular complexity index is 2490. The number of aryl methyl sites for hydroxylation is 2. The first-order chi connectivity index (χ1) is 25.5. The van der Waals surface area contributed by atoms with Crippen LogP contribution in [-0.4, -0.2) is 32.5 Å². The van der Waals surface area contributed by atoms with Gasteiger partial charge in [-0.1, -0.05) is 97.1 Å². The molecule has 8 heteroatoms. The third-order valence-electron chi connectivity index (χ3n) is 10.1. The second kappa shape index (κ2) is 12.5. The fraction of sp³-hybridized carbons (Fsp3) is 0.0909. The van der Waals surface area contributed by atoms with Crippen molar-refractivity contribution in [1.82, 2.24) is 9.13 Å². The second-order valence-corrected chi connectivity index (χ2v) is 13.1. The summed E-state index contributed by atoms with van der Waals surface area (Å²) in [5.41, 5.74) is 5.42. The number of rotatable bonds is 8. The van der Waals surface area contributed by atoms with E-state index in [1.807, 2.05) is 72.8 Å². The molecule has 0 unspecified atom stereocenters. The van der Waals surface area contributed by atoms with Gasteiger partial charge in [-0.25, -0.2) is 0 Å². The van der Waals surface area contributed by atoms with Crippen LogP contribution in [-0.2, 0) is 22.7 Å². The topological polar surface area (TPSA) is 102 Å². The Labute approximate surface area is 298 Å². The van der Waals surface area contributed by atoms with Gasteiger partial charge in [-0.3, -0.25) is 19.2 Å². The van der Waals surface area contributed by atoms with Crippen molar-refractivity contribution >= 4 is 78.4 Å². The van der Waals surface area contributed by atoms with Crippen molar-refractivity contribution < 1.29 is 19.2 Å². The summed E-state index contributed by atoms with van der Waals surface area (Å²) < 4.78 is 4.27. The molecule has 2 N–H and O–H groups in total. The number of hydrogen-bond acceptors (Lipinski definition) is 4. The average Bonchev–Trinajstić information content (AvgIpc) is 3.67. The lowest BCUT2D eigenvalue weighted by Crippen LogP contribution is -2.26. The van der Waals surface area contributed by atoms with Crippen molar-refractivity contribution in [3.05, 3.63) is 156 Å². The number of fused-ring (bicyclic) bond motifs is 8. The first-order valence-corrected chi connectivity index (χ1v) is 17.3. The van der Waals surface area contributed by atoms with E-state index in [1.165, 1.54) is 0 Å². The molecule has 9 rings (SSSR count). The van der Waals surface area contributed by atoms with Gasteiger partial charge in [0.25, 0.3) is 0 Å². The maximum absolute atomic E-state index is 14.0. The van der Waals surface area contributed by atoms with Crippen LogP contribution in [0.2, 0.25) is 0 Å². The minimum Gasteiger partial charge on any atom is -0.340 e. The Balaban J connectivity index is 0.939. The molecule has 1 aliphatic rings. The molecule has 0 radical (unpaired) electrons. The molecule has 0 fully saturated rings. The zero-order valence-electron chi connectivity index (χ0n) is 28.1. The largest absolute Gasteiger partial charge is 0.340 e. The Morgan fingerprint density at radius 1 is 0.423 bits per heavy atom. The number of benzene rings is 6. The summed E-state index contributed by atoms with van der Waals surface area (Å²) in [5, 5.41) is 10.3. The molecule has 2 heterocycles. The molecule has 8 aromatic rings. The van der Waals surface area contributed by atoms with Crippen molar-refractivity contribution in [2.75, 3.05) is 10.6 Å². The first kappa shape index (κ1) is 31.2. The Morgan fingerprint density at radius 2 is 0.750 bits per heavy atom. The summed E-state index contributed by atoms with van der Waals surface area (Å²) in [6.45, 7) is 0.870. The second-order valence-electron chi connectivity index (χ2n) is 13.1. The maximum atomic E-state index is 14.0. The fourth-order valence-corrected chi connectivity index (χ4v) is 7.79. The molecule has 2 aromatic heterocycles. The van der Waals surface area contributed by atoms with Crippen LogP contribution in [0.1, 0.15) is 44.7 Å². The van der Waals surface area contributed by atoms with E-state index >= 15 is 0 Å². The van der Waals surface area contributed by atoms with Gasteiger partial charge in [-0.15, -0.1) is 0 Å². The smallest absolute Gasteiger partial charge is 0.226 e. The molecular formula is C44H32N4O4. The molecule has 6 aromatic carbocycles. The minimum atomic E-state index is -0.385. The summed E-state index contributed by atoms with van der Waals surface area (Å²) in [7, 11) is 0. The lowest BCUT2D eigenvalue weighted by atomic mass is 9.82. The molecule has 0 bridgehead atoms. The lowest BCUT2D eigenvalue weighted by Gasteiger charge is -2.22. The minimum absolute atomic E-state index is 0.153. The predicted octanol–water partition coefficient (Wildman–Crippen LogP) is 8.74. The molecule has 0 atom stereocenters. The van der Waals surface area contributed by atoms with Gasteiger partial charge in [0.2, 0.25) is 11.8 Å². The van der Waals surface area contributed by atoms with Crippen LogP contribution in [0.5, 0.6) is 0 Å².